The van der Waals surface area contributed by atoms with Crippen molar-refractivity contribution in [2.24, 2.45) is 0 Å². The number of nitrogens with one attached hydrogen (secondary N) is 1. The monoisotopic (exact) mass is 407 g/mol. The van der Waals surface area contributed by atoms with Crippen LogP contribution in [-0.4, -0.2) is 24.5 Å². The number of hydrogen-bond donors (Lipinski definition) is 1. The fourth-order valence-electron chi connectivity index (χ4n) is 3.69. The van der Waals surface area contributed by atoms with E-state index in [4.69, 9.17) is 4.74 Å². The van der Waals surface area contributed by atoms with Crippen molar-refractivity contribution < 1.29 is 9.53 Å². The summed E-state index contributed by atoms with van der Waals surface area (Å²) in [7, 11) is 1.77. The summed E-state index contributed by atoms with van der Waals surface area (Å²) < 4.78 is 5.53. The lowest BCUT2D eigenvalue weighted by Crippen LogP contribution is -2.35. The summed E-state index contributed by atoms with van der Waals surface area (Å²) in [6, 6.07) is 28.4. The van der Waals surface area contributed by atoms with Crippen LogP contribution >= 0.6 is 0 Å². The van der Waals surface area contributed by atoms with Crippen LogP contribution in [0.2, 0.25) is 0 Å². The number of aromatic nitrogens is 1. The van der Waals surface area contributed by atoms with Crippen LogP contribution in [0, 0.1) is 0 Å². The van der Waals surface area contributed by atoms with Gasteiger partial charge in [0.1, 0.15) is 11.6 Å². The van der Waals surface area contributed by atoms with Gasteiger partial charge in [0.2, 0.25) is 0 Å². The van der Waals surface area contributed by atoms with Gasteiger partial charge >= 0.3 is 0 Å². The van der Waals surface area contributed by atoms with Gasteiger partial charge in [-0.3, -0.25) is 4.79 Å². The van der Waals surface area contributed by atoms with Gasteiger partial charge in [-0.25, -0.2) is 4.98 Å². The molecular weight excluding hydrogens is 386 g/mol. The van der Waals surface area contributed by atoms with Gasteiger partial charge in [-0.2, -0.15) is 0 Å². The number of carbonyl (C=O) groups excluding carboxylic acids is 1. The Bertz CT molecular complexity index is 1250. The molecule has 0 aliphatic carbocycles. The highest BCUT2D eigenvalue weighted by atomic mass is 16.5. The molecule has 0 radical (unpaired) electrons. The zero-order valence-electron chi connectivity index (χ0n) is 17.1. The quantitative estimate of drug-likeness (QED) is 0.484. The molecule has 0 unspecified atom stereocenters. The Morgan fingerprint density at radius 1 is 0.839 bits per heavy atom. The Balaban J connectivity index is 1.42. The minimum Gasteiger partial charge on any atom is -0.482 e. The predicted octanol–water partition coefficient (Wildman–Crippen LogP) is 5.51. The van der Waals surface area contributed by atoms with Gasteiger partial charge in [-0.1, -0.05) is 48.5 Å². The molecule has 1 amide bonds. The molecule has 0 atom stereocenters. The topological polar surface area (TPSA) is 54.5 Å². The highest BCUT2D eigenvalue weighted by molar-refractivity contribution is 5.98. The third-order valence-electron chi connectivity index (χ3n) is 5.38. The number of amides is 1. The molecule has 0 spiro atoms. The predicted molar refractivity (Wildman–Crippen MR) is 124 cm³/mol. The maximum absolute atomic E-state index is 12.0. The number of fused-ring (bicyclic) bond motifs is 1. The largest absolute Gasteiger partial charge is 0.482 e. The first-order valence-electron chi connectivity index (χ1n) is 10.1. The van der Waals surface area contributed by atoms with Crippen LogP contribution in [-0.2, 0) is 4.79 Å². The summed E-state index contributed by atoms with van der Waals surface area (Å²) >= 11 is 0. The molecule has 1 aliphatic heterocycles. The van der Waals surface area contributed by atoms with Crippen molar-refractivity contribution in [1.29, 1.82) is 0 Å². The van der Waals surface area contributed by atoms with Gasteiger partial charge in [0.25, 0.3) is 5.91 Å². The fraction of sp³-hybridized carbons (Fsp3) is 0.0769. The number of rotatable bonds is 4. The van der Waals surface area contributed by atoms with Crippen LogP contribution < -0.4 is 15.0 Å². The van der Waals surface area contributed by atoms with E-state index in [9.17, 15) is 4.79 Å². The molecule has 5 rings (SSSR count). The van der Waals surface area contributed by atoms with Crippen LogP contribution in [0.25, 0.3) is 22.3 Å². The van der Waals surface area contributed by atoms with Gasteiger partial charge in [0, 0.05) is 18.9 Å². The highest BCUT2D eigenvalue weighted by Crippen LogP contribution is 2.36. The summed E-state index contributed by atoms with van der Waals surface area (Å²) in [5.74, 6) is 1.41. The number of ether oxygens (including phenoxy) is 1. The first-order chi connectivity index (χ1) is 15.2. The summed E-state index contributed by atoms with van der Waals surface area (Å²) in [5, 5.41) is 3.40. The number of anilines is 3. The van der Waals surface area contributed by atoms with Crippen molar-refractivity contribution in [2.45, 2.75) is 0 Å². The van der Waals surface area contributed by atoms with E-state index in [0.717, 1.165) is 39.6 Å². The first-order valence-corrected chi connectivity index (χ1v) is 10.1. The minimum atomic E-state index is -0.0555. The van der Waals surface area contributed by atoms with Crippen LogP contribution in [0.15, 0.2) is 91.1 Å². The lowest BCUT2D eigenvalue weighted by Gasteiger charge is -2.26. The number of carbonyl (C=O) groups is 1. The fourth-order valence-corrected chi connectivity index (χ4v) is 3.69. The smallest absolute Gasteiger partial charge is 0.264 e. The number of likely N-dealkylation sites (N-methyl/N-ethyl adjacent to an activating group) is 1. The van der Waals surface area contributed by atoms with Crippen molar-refractivity contribution in [3.8, 4) is 28.0 Å². The van der Waals surface area contributed by atoms with Gasteiger partial charge in [-0.05, 0) is 58.7 Å². The molecule has 4 aromatic rings. The van der Waals surface area contributed by atoms with Crippen molar-refractivity contribution >= 4 is 23.1 Å². The van der Waals surface area contributed by atoms with Gasteiger partial charge in [0.05, 0.1) is 5.69 Å². The van der Waals surface area contributed by atoms with Gasteiger partial charge in [-0.15, -0.1) is 0 Å². The van der Waals surface area contributed by atoms with E-state index < -0.39 is 0 Å². The number of pyridine rings is 1. The molecule has 152 valence electrons. The average molecular weight is 407 g/mol. The standard InChI is InChI=1S/C26H21N3O2/c1-29-23-15-20(10-11-24(23)31-17-26(29)30)21-12-13-27-25(16-21)28-22-9-5-8-19(14-22)18-6-3-2-4-7-18/h2-16H,17H2,1H3,(H,27,28). The molecule has 3 aromatic carbocycles. The molecule has 5 nitrogen and oxygen atoms in total. The van der Waals surface area contributed by atoms with Crippen LogP contribution in [0.3, 0.4) is 0 Å². The maximum Gasteiger partial charge on any atom is 0.264 e. The molecule has 0 bridgehead atoms. The third kappa shape index (κ3) is 3.85. The van der Waals surface area contributed by atoms with Crippen molar-refractivity contribution in [1.82, 2.24) is 4.98 Å². The molecule has 0 saturated heterocycles. The summed E-state index contributed by atoms with van der Waals surface area (Å²) in [5.41, 5.74) is 6.05. The molecule has 1 N–H and O–H groups in total. The lowest BCUT2D eigenvalue weighted by molar-refractivity contribution is -0.120. The molecular formula is C26H21N3O2. The van der Waals surface area contributed by atoms with E-state index in [1.165, 1.54) is 5.56 Å². The Kier molecular flexibility index (Phi) is 4.84. The Labute approximate surface area is 180 Å². The highest BCUT2D eigenvalue weighted by Gasteiger charge is 2.22. The maximum atomic E-state index is 12.0. The van der Waals surface area contributed by atoms with E-state index in [-0.39, 0.29) is 12.5 Å². The summed E-state index contributed by atoms with van der Waals surface area (Å²) in [4.78, 5) is 18.1. The number of hydrogen-bond acceptors (Lipinski definition) is 4. The second-order valence-corrected chi connectivity index (χ2v) is 7.43. The van der Waals surface area contributed by atoms with Crippen molar-refractivity contribution in [2.75, 3.05) is 23.9 Å². The van der Waals surface area contributed by atoms with Crippen LogP contribution in [0.4, 0.5) is 17.2 Å². The van der Waals surface area contributed by atoms with Gasteiger partial charge in [0.15, 0.2) is 6.61 Å². The molecule has 5 heteroatoms. The molecule has 0 saturated carbocycles. The third-order valence-corrected chi connectivity index (χ3v) is 5.38. The van der Waals surface area contributed by atoms with Crippen molar-refractivity contribution in [3.05, 3.63) is 91.1 Å². The Hall–Kier alpha value is -4.12. The normalized spacial score (nSPS) is 12.8. The van der Waals surface area contributed by atoms with Crippen molar-refractivity contribution in [3.63, 3.8) is 0 Å². The lowest BCUT2D eigenvalue weighted by atomic mass is 10.0. The summed E-state index contributed by atoms with van der Waals surface area (Å²) in [6.45, 7) is 0.0776. The summed E-state index contributed by atoms with van der Waals surface area (Å²) in [6.07, 6.45) is 1.78. The zero-order chi connectivity index (χ0) is 21.2. The molecule has 1 aromatic heterocycles. The van der Waals surface area contributed by atoms with Gasteiger partial charge < -0.3 is 15.0 Å². The number of nitrogens with zero attached hydrogens (tertiary/aromatic N) is 2. The second kappa shape index (κ2) is 7.95. The molecule has 31 heavy (non-hydrogen) atoms. The van der Waals surface area contributed by atoms with Crippen LogP contribution in [0.1, 0.15) is 0 Å². The Morgan fingerprint density at radius 2 is 1.61 bits per heavy atom. The minimum absolute atomic E-state index is 0.0555. The average Bonchev–Trinajstić information content (AvgIpc) is 2.82. The van der Waals surface area contributed by atoms with E-state index in [1.54, 1.807) is 18.1 Å². The number of benzene rings is 3. The van der Waals surface area contributed by atoms with E-state index in [1.807, 2.05) is 60.7 Å². The zero-order valence-corrected chi connectivity index (χ0v) is 17.1. The van der Waals surface area contributed by atoms with E-state index in [0.29, 0.717) is 0 Å². The molecule has 2 heterocycles. The molecule has 1 aliphatic rings. The first kappa shape index (κ1) is 18.9. The van der Waals surface area contributed by atoms with Crippen LogP contribution in [0.5, 0.6) is 5.75 Å². The molecule has 0 fully saturated rings. The second-order valence-electron chi connectivity index (χ2n) is 7.43. The van der Waals surface area contributed by atoms with E-state index in [2.05, 4.69) is 34.6 Å². The SMILES string of the molecule is CN1C(=O)COc2ccc(-c3ccnc(Nc4cccc(-c5ccccc5)c4)c3)cc21. The Morgan fingerprint density at radius 3 is 2.48 bits per heavy atom. The van der Waals surface area contributed by atoms with E-state index >= 15 is 0 Å².